The first kappa shape index (κ1) is 25.0. The summed E-state index contributed by atoms with van der Waals surface area (Å²) in [6.07, 6.45) is 2.40. The Bertz CT molecular complexity index is 654. The van der Waals surface area contributed by atoms with Crippen LogP contribution in [0.15, 0.2) is 41.5 Å². The number of nitrogens with one attached hydrogen (secondary N) is 1. The fourth-order valence-corrected chi connectivity index (χ4v) is 4.88. The second kappa shape index (κ2) is 9.24. The minimum Gasteiger partial charge on any atom is -0.147 e. The van der Waals surface area contributed by atoms with Gasteiger partial charge in [0.05, 0.1) is 0 Å². The van der Waals surface area contributed by atoms with Gasteiger partial charge in [-0.3, -0.25) is 0 Å². The summed E-state index contributed by atoms with van der Waals surface area (Å²) in [7, 11) is 0. The predicted octanol–water partition coefficient (Wildman–Crippen LogP) is 6.52. The summed E-state index contributed by atoms with van der Waals surface area (Å²) in [6.45, 7) is 18.4. The minimum absolute atomic E-state index is 0. The van der Waals surface area contributed by atoms with Crippen LogP contribution in [0.5, 0.6) is 0 Å². The fraction of sp³-hybridized carbons (Fsp3) is 0.524. The van der Waals surface area contributed by atoms with E-state index in [0.29, 0.717) is 5.92 Å². The van der Waals surface area contributed by atoms with Gasteiger partial charge in [-0.2, -0.15) is 0 Å². The smallest absolute Gasteiger partial charge is 0.147 e. The molecule has 25 heavy (non-hydrogen) atoms. The molecule has 0 fully saturated rings. The van der Waals surface area contributed by atoms with Gasteiger partial charge in [-0.1, -0.05) is 0 Å². The van der Waals surface area contributed by atoms with Gasteiger partial charge < -0.3 is 0 Å². The predicted molar refractivity (Wildman–Crippen MR) is 112 cm³/mol. The van der Waals surface area contributed by atoms with E-state index in [-0.39, 0.29) is 53.5 Å². The summed E-state index contributed by atoms with van der Waals surface area (Å²) in [4.78, 5) is 0. The van der Waals surface area contributed by atoms with Crippen LogP contribution in [0.4, 0.5) is 0 Å². The molecule has 1 atom stereocenters. The van der Waals surface area contributed by atoms with Crippen LogP contribution < -0.4 is 3.80 Å². The molecule has 1 unspecified atom stereocenters. The van der Waals surface area contributed by atoms with Crippen LogP contribution in [0.3, 0.4) is 0 Å². The normalized spacial score (nSPS) is 17.6. The molecule has 1 nitrogen and oxygen atoms in total. The Morgan fingerprint density at radius 2 is 1.52 bits per heavy atom. The van der Waals surface area contributed by atoms with Crippen molar-refractivity contribution in [2.45, 2.75) is 64.6 Å². The van der Waals surface area contributed by atoms with Crippen LogP contribution in [0, 0.1) is 5.92 Å². The maximum atomic E-state index is 3.81. The maximum Gasteiger partial charge on any atom is -0.147 e. The summed E-state index contributed by atoms with van der Waals surface area (Å²) in [5, 5.41) is 0. The zero-order valence-corrected chi connectivity index (χ0v) is 20.0. The zero-order valence-electron chi connectivity index (χ0n) is 16.8. The van der Waals surface area contributed by atoms with E-state index in [4.69, 9.17) is 0 Å². The topological polar surface area (TPSA) is 12.0 Å². The maximum absolute atomic E-state index is 3.81. The molecule has 1 aliphatic carbocycles. The molecule has 0 radical (unpaired) electrons. The average Bonchev–Trinajstić information content (AvgIpc) is 2.69. The van der Waals surface area contributed by atoms with Crippen molar-refractivity contribution in [1.82, 2.24) is 3.80 Å². The van der Waals surface area contributed by atoms with Crippen LogP contribution in [0.25, 0.3) is 5.57 Å². The van der Waals surface area contributed by atoms with Crippen molar-refractivity contribution in [2.24, 2.45) is 5.92 Å². The molecule has 0 aromatic heterocycles. The summed E-state index contributed by atoms with van der Waals surface area (Å²) >= 11 is -0.306. The molecule has 0 heterocycles. The summed E-state index contributed by atoms with van der Waals surface area (Å²) in [6, 6.07) is 9.04. The van der Waals surface area contributed by atoms with Gasteiger partial charge in [0.1, 0.15) is 0 Å². The van der Waals surface area contributed by atoms with Crippen molar-refractivity contribution in [1.29, 1.82) is 0 Å². The molecule has 1 N–H and O–H groups in total. The number of hydrogen-bond acceptors (Lipinski definition) is 1. The molecule has 0 bridgehead atoms. The van der Waals surface area contributed by atoms with E-state index in [1.165, 1.54) is 27.8 Å². The first-order chi connectivity index (χ1) is 10.5. The van der Waals surface area contributed by atoms with Crippen molar-refractivity contribution in [3.05, 3.63) is 52.6 Å². The first-order valence-corrected chi connectivity index (χ1v) is 10.1. The number of hydrogen-bond donors (Lipinski definition) is 1. The number of rotatable bonds is 4. The van der Waals surface area contributed by atoms with Crippen LogP contribution in [0.1, 0.15) is 66.5 Å². The van der Waals surface area contributed by atoms with Gasteiger partial charge in [-0.25, -0.2) is 0 Å². The first-order valence-electron chi connectivity index (χ1n) is 8.57. The summed E-state index contributed by atoms with van der Waals surface area (Å²) in [5.41, 5.74) is 7.57. The van der Waals surface area contributed by atoms with Gasteiger partial charge in [0.15, 0.2) is 0 Å². The van der Waals surface area contributed by atoms with Crippen molar-refractivity contribution < 1.29 is 19.4 Å². The zero-order chi connectivity index (χ0) is 17.4. The van der Waals surface area contributed by atoms with E-state index in [2.05, 4.69) is 89.5 Å². The molecule has 0 aliphatic heterocycles. The molecule has 1 aliphatic rings. The fourth-order valence-electron chi connectivity index (χ4n) is 3.26. The van der Waals surface area contributed by atoms with Crippen LogP contribution in [-0.4, -0.2) is 5.54 Å². The Labute approximate surface area is 176 Å². The Balaban J connectivity index is 0.00000288. The molecular weight excluding hydrogens is 385 g/mol. The summed E-state index contributed by atoms with van der Waals surface area (Å²) < 4.78 is 4.02. The Hall–Kier alpha value is -0.0457. The molecule has 0 spiro atoms. The van der Waals surface area contributed by atoms with E-state index >= 15 is 0 Å². The number of benzene rings is 1. The molecule has 140 valence electrons. The molecular formula is C21H33Cl2NTi. The SMILES string of the molecule is CC1=CC(C)C(c2ccccc2[C](C)(C)[Ti][NH]C(C)(C)C)=C1C.Cl.Cl. The van der Waals surface area contributed by atoms with Gasteiger partial charge in [0.2, 0.25) is 0 Å². The molecule has 2 rings (SSSR count). The van der Waals surface area contributed by atoms with Crippen LogP contribution >= 0.6 is 24.8 Å². The van der Waals surface area contributed by atoms with Gasteiger partial charge in [0.25, 0.3) is 0 Å². The van der Waals surface area contributed by atoms with E-state index < -0.39 is 0 Å². The molecule has 4 heteroatoms. The third kappa shape index (κ3) is 5.98. The molecule has 0 saturated heterocycles. The second-order valence-electron chi connectivity index (χ2n) is 8.35. The van der Waals surface area contributed by atoms with Crippen molar-refractivity contribution in [3.8, 4) is 0 Å². The minimum atomic E-state index is -0.306. The van der Waals surface area contributed by atoms with Gasteiger partial charge >= 0.3 is 152 Å². The standard InChI is InChI=1S/C17H21.C4H10N.2ClH.Ti/c1-11(2)15-8-6-7-9-16(15)17-13(4)10-12(3)14(17)5;1-4(2,3)5;;;/h6-10,13H,1-5H3;5H,1-3H3;2*1H;/q;-1;;;+1. The number of halogens is 2. The monoisotopic (exact) mass is 417 g/mol. The largest absolute Gasteiger partial charge is 0.147 e. The van der Waals surface area contributed by atoms with Crippen molar-refractivity contribution in [2.75, 3.05) is 0 Å². The van der Waals surface area contributed by atoms with Gasteiger partial charge in [0, 0.05) is 0 Å². The quantitative estimate of drug-likeness (QED) is 0.549. The van der Waals surface area contributed by atoms with Crippen LogP contribution in [-0.2, 0) is 23.1 Å². The molecule has 1 aromatic carbocycles. The molecule has 0 amide bonds. The van der Waals surface area contributed by atoms with E-state index in [9.17, 15) is 0 Å². The second-order valence-corrected chi connectivity index (χ2v) is 11.1. The summed E-state index contributed by atoms with van der Waals surface area (Å²) in [5.74, 6) is 0.516. The van der Waals surface area contributed by atoms with Crippen LogP contribution in [0.2, 0.25) is 0 Å². The van der Waals surface area contributed by atoms with Gasteiger partial charge in [-0.05, 0) is 0 Å². The van der Waals surface area contributed by atoms with E-state index in [1.807, 2.05) is 0 Å². The Kier molecular flexibility index (Phi) is 9.23. The average molecular weight is 418 g/mol. The molecule has 1 aromatic rings. The van der Waals surface area contributed by atoms with Crippen molar-refractivity contribution in [3.63, 3.8) is 0 Å². The van der Waals surface area contributed by atoms with E-state index in [0.717, 1.165) is 0 Å². The van der Waals surface area contributed by atoms with Crippen molar-refractivity contribution >= 4 is 30.4 Å². The Morgan fingerprint density at radius 3 is 2.00 bits per heavy atom. The third-order valence-corrected chi connectivity index (χ3v) is 7.35. The number of allylic oxidation sites excluding steroid dienone is 4. The molecule has 0 saturated carbocycles. The van der Waals surface area contributed by atoms with E-state index in [1.54, 1.807) is 0 Å². The van der Waals surface area contributed by atoms with Gasteiger partial charge in [-0.15, -0.1) is 24.8 Å². The third-order valence-electron chi connectivity index (χ3n) is 4.59. The Morgan fingerprint density at radius 1 is 0.960 bits per heavy atom.